The SMILES string of the molecule is N#Cc1c(NC(=O)COC(=O)c2ccccc2NS(=O)(=O)c2cccs2)sc2c1CCCC2. The van der Waals surface area contributed by atoms with Crippen LogP contribution >= 0.6 is 22.7 Å². The first-order valence-corrected chi connectivity index (χ1v) is 13.2. The van der Waals surface area contributed by atoms with Crippen LogP contribution < -0.4 is 10.0 Å². The number of esters is 1. The first kappa shape index (κ1) is 23.0. The van der Waals surface area contributed by atoms with Gasteiger partial charge in [0.25, 0.3) is 15.9 Å². The monoisotopic (exact) mass is 501 g/mol. The number of nitriles is 1. The van der Waals surface area contributed by atoms with E-state index in [1.54, 1.807) is 23.6 Å². The number of hydrogen-bond acceptors (Lipinski definition) is 8. The summed E-state index contributed by atoms with van der Waals surface area (Å²) >= 11 is 2.43. The van der Waals surface area contributed by atoms with Gasteiger partial charge >= 0.3 is 5.97 Å². The van der Waals surface area contributed by atoms with Gasteiger partial charge in [-0.15, -0.1) is 22.7 Å². The van der Waals surface area contributed by atoms with Crippen molar-refractivity contribution in [3.63, 3.8) is 0 Å². The van der Waals surface area contributed by atoms with E-state index < -0.39 is 28.5 Å². The summed E-state index contributed by atoms with van der Waals surface area (Å²) in [4.78, 5) is 26.1. The van der Waals surface area contributed by atoms with Crippen LogP contribution in [0.2, 0.25) is 0 Å². The number of nitrogens with one attached hydrogen (secondary N) is 2. The van der Waals surface area contributed by atoms with Crippen molar-refractivity contribution < 1.29 is 22.7 Å². The molecule has 1 aliphatic rings. The molecular weight excluding hydrogens is 482 g/mol. The first-order valence-electron chi connectivity index (χ1n) is 10.1. The van der Waals surface area contributed by atoms with E-state index in [1.165, 1.54) is 29.5 Å². The van der Waals surface area contributed by atoms with E-state index in [4.69, 9.17) is 4.74 Å². The molecule has 0 spiro atoms. The molecular formula is C22H19N3O5S3. The van der Waals surface area contributed by atoms with Gasteiger partial charge in [-0.05, 0) is 54.8 Å². The third kappa shape index (κ3) is 5.08. The van der Waals surface area contributed by atoms with Crippen LogP contribution in [0.15, 0.2) is 46.0 Å². The van der Waals surface area contributed by atoms with Gasteiger partial charge in [0, 0.05) is 4.88 Å². The Morgan fingerprint density at radius 3 is 2.67 bits per heavy atom. The van der Waals surface area contributed by atoms with Crippen molar-refractivity contribution in [2.45, 2.75) is 29.9 Å². The number of hydrogen-bond donors (Lipinski definition) is 2. The highest BCUT2D eigenvalue weighted by Gasteiger charge is 2.23. The third-order valence-electron chi connectivity index (χ3n) is 5.02. The van der Waals surface area contributed by atoms with Gasteiger partial charge in [0.05, 0.1) is 16.8 Å². The number of carbonyl (C=O) groups excluding carboxylic acids is 2. The summed E-state index contributed by atoms with van der Waals surface area (Å²) in [6, 6.07) is 11.2. The van der Waals surface area contributed by atoms with Gasteiger partial charge in [-0.1, -0.05) is 18.2 Å². The fourth-order valence-corrected chi connectivity index (χ4v) is 6.83. The van der Waals surface area contributed by atoms with E-state index >= 15 is 0 Å². The molecule has 0 unspecified atom stereocenters. The molecule has 1 aromatic carbocycles. The number of benzene rings is 1. The van der Waals surface area contributed by atoms with Gasteiger partial charge in [-0.25, -0.2) is 13.2 Å². The summed E-state index contributed by atoms with van der Waals surface area (Å²) in [6.45, 7) is -0.571. The Balaban J connectivity index is 1.42. The number of rotatable bonds is 7. The molecule has 170 valence electrons. The number of carbonyl (C=O) groups is 2. The second kappa shape index (κ2) is 9.74. The van der Waals surface area contributed by atoms with Crippen molar-refractivity contribution in [2.24, 2.45) is 0 Å². The van der Waals surface area contributed by atoms with Gasteiger partial charge in [-0.3, -0.25) is 9.52 Å². The van der Waals surface area contributed by atoms with Crippen molar-refractivity contribution in [3.05, 3.63) is 63.3 Å². The molecule has 1 amide bonds. The number of sulfonamides is 1. The molecule has 11 heteroatoms. The summed E-state index contributed by atoms with van der Waals surface area (Å²) < 4.78 is 32.6. The van der Waals surface area contributed by atoms with Crippen molar-refractivity contribution >= 4 is 55.3 Å². The zero-order chi connectivity index (χ0) is 23.4. The minimum absolute atomic E-state index is 0.0188. The quantitative estimate of drug-likeness (QED) is 0.469. The second-order valence-electron chi connectivity index (χ2n) is 7.23. The van der Waals surface area contributed by atoms with Crippen molar-refractivity contribution in [3.8, 4) is 6.07 Å². The smallest absolute Gasteiger partial charge is 0.340 e. The van der Waals surface area contributed by atoms with Gasteiger partial charge in [0.1, 0.15) is 15.3 Å². The molecule has 2 heterocycles. The predicted octanol–water partition coefficient (Wildman–Crippen LogP) is 4.16. The molecule has 0 aliphatic heterocycles. The maximum absolute atomic E-state index is 12.6. The molecule has 33 heavy (non-hydrogen) atoms. The fourth-order valence-electron chi connectivity index (χ4n) is 3.51. The Bertz CT molecular complexity index is 1340. The highest BCUT2D eigenvalue weighted by Crippen LogP contribution is 2.37. The number of ether oxygens (including phenoxy) is 1. The number of amides is 1. The number of anilines is 2. The molecule has 0 fully saturated rings. The number of aryl methyl sites for hydroxylation is 1. The minimum atomic E-state index is -3.86. The van der Waals surface area contributed by atoms with Gasteiger partial charge in [0.2, 0.25) is 0 Å². The van der Waals surface area contributed by atoms with Crippen LogP contribution in [-0.4, -0.2) is 26.9 Å². The van der Waals surface area contributed by atoms with Gasteiger partial charge in [-0.2, -0.15) is 5.26 Å². The minimum Gasteiger partial charge on any atom is -0.452 e. The third-order valence-corrected chi connectivity index (χ3v) is 8.99. The van der Waals surface area contributed by atoms with Crippen LogP contribution in [0.5, 0.6) is 0 Å². The summed E-state index contributed by atoms with van der Waals surface area (Å²) in [7, 11) is -3.86. The lowest BCUT2D eigenvalue weighted by atomic mass is 9.96. The normalized spacial score (nSPS) is 12.9. The van der Waals surface area contributed by atoms with Crippen molar-refractivity contribution in [1.82, 2.24) is 0 Å². The Labute approximate surface area is 198 Å². The molecule has 0 saturated heterocycles. The van der Waals surface area contributed by atoms with Crippen LogP contribution in [0.25, 0.3) is 0 Å². The molecule has 3 aromatic rings. The number of para-hydroxylation sites is 1. The molecule has 0 bridgehead atoms. The van der Waals surface area contributed by atoms with E-state index in [9.17, 15) is 23.3 Å². The van der Waals surface area contributed by atoms with Gasteiger partial charge in [0.15, 0.2) is 6.61 Å². The summed E-state index contributed by atoms with van der Waals surface area (Å²) in [6.07, 6.45) is 3.77. The lowest BCUT2D eigenvalue weighted by Crippen LogP contribution is -2.22. The highest BCUT2D eigenvalue weighted by molar-refractivity contribution is 7.94. The molecule has 1 aliphatic carbocycles. The van der Waals surface area contributed by atoms with Crippen molar-refractivity contribution in [1.29, 1.82) is 5.26 Å². The predicted molar refractivity (Wildman–Crippen MR) is 126 cm³/mol. The summed E-state index contributed by atoms with van der Waals surface area (Å²) in [5.74, 6) is -1.42. The molecule has 0 atom stereocenters. The van der Waals surface area contributed by atoms with E-state index in [1.807, 2.05) is 0 Å². The lowest BCUT2D eigenvalue weighted by molar-refractivity contribution is -0.119. The van der Waals surface area contributed by atoms with Gasteiger partial charge < -0.3 is 10.1 Å². The molecule has 0 saturated carbocycles. The average Bonchev–Trinajstić information content (AvgIpc) is 3.46. The van der Waals surface area contributed by atoms with Crippen LogP contribution in [0, 0.1) is 11.3 Å². The molecule has 0 radical (unpaired) electrons. The molecule has 8 nitrogen and oxygen atoms in total. The zero-order valence-corrected chi connectivity index (χ0v) is 19.7. The highest BCUT2D eigenvalue weighted by atomic mass is 32.2. The van der Waals surface area contributed by atoms with Crippen LogP contribution in [-0.2, 0) is 32.4 Å². The fraction of sp³-hybridized carbons (Fsp3) is 0.227. The second-order valence-corrected chi connectivity index (χ2v) is 11.2. The summed E-state index contributed by atoms with van der Waals surface area (Å²) in [5, 5.41) is 14.3. The molecule has 2 aromatic heterocycles. The van der Waals surface area contributed by atoms with Crippen LogP contribution in [0.4, 0.5) is 10.7 Å². The Hall–Kier alpha value is -3.20. The first-order chi connectivity index (χ1) is 15.9. The van der Waals surface area contributed by atoms with Crippen LogP contribution in [0.3, 0.4) is 0 Å². The summed E-state index contributed by atoms with van der Waals surface area (Å²) in [5.41, 5.74) is 1.50. The van der Waals surface area contributed by atoms with Crippen molar-refractivity contribution in [2.75, 3.05) is 16.6 Å². The number of thiophene rings is 2. The topological polar surface area (TPSA) is 125 Å². The van der Waals surface area contributed by atoms with E-state index in [2.05, 4.69) is 16.1 Å². The van der Waals surface area contributed by atoms with E-state index in [0.717, 1.165) is 47.5 Å². The number of nitrogens with zero attached hydrogens (tertiary/aromatic N) is 1. The van der Waals surface area contributed by atoms with E-state index in [0.29, 0.717) is 10.6 Å². The lowest BCUT2D eigenvalue weighted by Gasteiger charge is -2.11. The largest absolute Gasteiger partial charge is 0.452 e. The zero-order valence-electron chi connectivity index (χ0n) is 17.3. The molecule has 4 rings (SSSR count). The number of fused-ring (bicyclic) bond motifs is 1. The standard InChI is InChI=1S/C22H19N3O5S3/c23-12-16-14-6-2-4-9-18(14)32-21(16)24-19(26)13-30-22(27)15-7-1-3-8-17(15)25-33(28,29)20-10-5-11-31-20/h1,3,5,7-8,10-11,25H,2,4,6,9,13H2,(H,24,26). The van der Waals surface area contributed by atoms with Crippen LogP contribution in [0.1, 0.15) is 39.2 Å². The maximum Gasteiger partial charge on any atom is 0.340 e. The molecule has 2 N–H and O–H groups in total. The average molecular weight is 502 g/mol. The Morgan fingerprint density at radius 1 is 1.12 bits per heavy atom. The van der Waals surface area contributed by atoms with E-state index in [-0.39, 0.29) is 15.5 Å². The Kier molecular flexibility index (Phi) is 6.78. The Morgan fingerprint density at radius 2 is 1.91 bits per heavy atom. The maximum atomic E-state index is 12.6.